The normalized spacial score (nSPS) is 17.6. The third-order valence-electron chi connectivity index (χ3n) is 3.26. The summed E-state index contributed by atoms with van der Waals surface area (Å²) in [6, 6.07) is 11.8. The van der Waals surface area contributed by atoms with Gasteiger partial charge in [-0.05, 0) is 51.8 Å². The molecular weight excluding hydrogens is 375 g/mol. The van der Waals surface area contributed by atoms with E-state index >= 15 is 0 Å². The van der Waals surface area contributed by atoms with Gasteiger partial charge < -0.3 is 9.57 Å². The van der Waals surface area contributed by atoms with Gasteiger partial charge in [0.1, 0.15) is 16.1 Å². The zero-order chi connectivity index (χ0) is 16.4. The van der Waals surface area contributed by atoms with E-state index in [0.29, 0.717) is 16.8 Å². The molecule has 0 aromatic heterocycles. The van der Waals surface area contributed by atoms with Crippen molar-refractivity contribution in [2.24, 2.45) is 5.16 Å². The molecule has 2 aromatic carbocycles. The van der Waals surface area contributed by atoms with Crippen molar-refractivity contribution >= 4 is 20.6 Å². The van der Waals surface area contributed by atoms with Gasteiger partial charge in [-0.3, -0.25) is 0 Å². The molecule has 3 rings (SSSR count). The second-order valence-electron chi connectivity index (χ2n) is 4.97. The number of hydrogen-bond donors (Lipinski definition) is 0. The highest BCUT2D eigenvalue weighted by molar-refractivity contribution is 9.18. The lowest BCUT2D eigenvalue weighted by atomic mass is 10.1. The van der Waals surface area contributed by atoms with Crippen molar-refractivity contribution in [1.82, 2.24) is 0 Å². The maximum Gasteiger partial charge on any atom is 0.416 e. The van der Waals surface area contributed by atoms with Gasteiger partial charge in [0, 0.05) is 6.42 Å². The Balaban J connectivity index is 1.78. The Bertz CT molecular complexity index is 746. The summed E-state index contributed by atoms with van der Waals surface area (Å²) in [5.41, 5.74) is 0.0929. The van der Waals surface area contributed by atoms with Crippen LogP contribution in [0.3, 0.4) is 0 Å². The maximum atomic E-state index is 12.7. The van der Waals surface area contributed by atoms with E-state index in [1.54, 1.807) is 18.2 Å². The fourth-order valence-corrected chi connectivity index (χ4v) is 2.55. The molecule has 0 saturated heterocycles. The molecule has 0 aliphatic carbocycles. The van der Waals surface area contributed by atoms with E-state index in [2.05, 4.69) is 21.1 Å². The van der Waals surface area contributed by atoms with E-state index in [4.69, 9.17) is 9.57 Å². The summed E-state index contributed by atoms with van der Waals surface area (Å²) in [6.07, 6.45) is -4.02. The molecule has 0 bridgehead atoms. The average Bonchev–Trinajstić information content (AvgIpc) is 2.94. The van der Waals surface area contributed by atoms with Crippen LogP contribution in [-0.4, -0.2) is 4.62 Å². The lowest BCUT2D eigenvalue weighted by Gasteiger charge is -2.12. The second-order valence-corrected chi connectivity index (χ2v) is 5.88. The Morgan fingerprint density at radius 3 is 2.43 bits per heavy atom. The van der Waals surface area contributed by atoms with Gasteiger partial charge in [-0.25, -0.2) is 0 Å². The average molecular weight is 386 g/mol. The highest BCUT2D eigenvalue weighted by Crippen LogP contribution is 2.34. The van der Waals surface area contributed by atoms with E-state index in [1.807, 2.05) is 6.07 Å². The van der Waals surface area contributed by atoms with Crippen molar-refractivity contribution in [3.8, 4) is 11.5 Å². The quantitative estimate of drug-likeness (QED) is 0.681. The van der Waals surface area contributed by atoms with Gasteiger partial charge in [-0.15, -0.1) is 0 Å². The molecule has 23 heavy (non-hydrogen) atoms. The number of hydrogen-bond acceptors (Lipinski definition) is 3. The molecule has 0 spiro atoms. The van der Waals surface area contributed by atoms with Crippen LogP contribution in [0.4, 0.5) is 13.2 Å². The summed E-state index contributed by atoms with van der Waals surface area (Å²) in [7, 11) is 0. The molecule has 0 saturated carbocycles. The monoisotopic (exact) mass is 385 g/mol. The first-order valence-corrected chi connectivity index (χ1v) is 7.54. The van der Waals surface area contributed by atoms with Crippen LogP contribution >= 0.6 is 15.9 Å². The molecule has 1 atom stereocenters. The van der Waals surface area contributed by atoms with Crippen molar-refractivity contribution in [1.29, 1.82) is 0 Å². The fraction of sp³-hybridized carbons (Fsp3) is 0.188. The number of nitrogens with zero attached hydrogens (tertiary/aromatic N) is 1. The van der Waals surface area contributed by atoms with E-state index < -0.39 is 11.7 Å². The van der Waals surface area contributed by atoms with Crippen molar-refractivity contribution in [2.45, 2.75) is 18.7 Å². The van der Waals surface area contributed by atoms with Gasteiger partial charge in [0.25, 0.3) is 0 Å². The molecule has 0 N–H and O–H groups in total. The maximum absolute atomic E-state index is 12.7. The van der Waals surface area contributed by atoms with Crippen LogP contribution in [0.15, 0.2) is 53.7 Å². The lowest BCUT2D eigenvalue weighted by Crippen LogP contribution is -2.04. The predicted octanol–water partition coefficient (Wildman–Crippen LogP) is 5.67. The largest absolute Gasteiger partial charge is 0.457 e. The van der Waals surface area contributed by atoms with Crippen LogP contribution in [0, 0.1) is 0 Å². The number of alkyl halides is 3. The summed E-state index contributed by atoms with van der Waals surface area (Å²) >= 11 is 3.26. The van der Waals surface area contributed by atoms with E-state index in [-0.39, 0.29) is 11.9 Å². The van der Waals surface area contributed by atoms with E-state index in [1.165, 1.54) is 12.1 Å². The first kappa shape index (κ1) is 15.9. The molecule has 0 fully saturated rings. The van der Waals surface area contributed by atoms with Crippen molar-refractivity contribution in [3.63, 3.8) is 0 Å². The van der Waals surface area contributed by atoms with Gasteiger partial charge in [0.15, 0.2) is 6.10 Å². The summed E-state index contributed by atoms with van der Waals surface area (Å²) < 4.78 is 44.4. The number of ether oxygens (including phenoxy) is 1. The smallest absolute Gasteiger partial charge is 0.416 e. The predicted molar refractivity (Wildman–Crippen MR) is 82.8 cm³/mol. The van der Waals surface area contributed by atoms with Crippen molar-refractivity contribution < 1.29 is 22.7 Å². The molecule has 120 valence electrons. The first-order chi connectivity index (χ1) is 10.9. The van der Waals surface area contributed by atoms with Gasteiger partial charge >= 0.3 is 6.18 Å². The third-order valence-corrected chi connectivity index (χ3v) is 3.73. The molecule has 1 aliphatic rings. The number of benzene rings is 2. The van der Waals surface area contributed by atoms with Crippen LogP contribution < -0.4 is 4.74 Å². The first-order valence-electron chi connectivity index (χ1n) is 6.75. The highest BCUT2D eigenvalue weighted by atomic mass is 79.9. The summed E-state index contributed by atoms with van der Waals surface area (Å²) in [4.78, 5) is 5.26. The third kappa shape index (κ3) is 3.85. The van der Waals surface area contributed by atoms with E-state index in [0.717, 1.165) is 17.7 Å². The van der Waals surface area contributed by atoms with Gasteiger partial charge in [-0.1, -0.05) is 23.4 Å². The summed E-state index contributed by atoms with van der Waals surface area (Å²) in [6.45, 7) is 0. The molecule has 3 nitrogen and oxygen atoms in total. The highest BCUT2D eigenvalue weighted by Gasteiger charge is 2.30. The van der Waals surface area contributed by atoms with E-state index in [9.17, 15) is 13.2 Å². The summed E-state index contributed by atoms with van der Waals surface area (Å²) in [5, 5.41) is 3.81. The Kier molecular flexibility index (Phi) is 4.30. The molecule has 0 amide bonds. The molecule has 0 unspecified atom stereocenters. The Hall–Kier alpha value is -2.02. The number of rotatable bonds is 3. The number of oxime groups is 1. The van der Waals surface area contributed by atoms with Gasteiger partial charge in [0.05, 0.1) is 5.56 Å². The van der Waals surface area contributed by atoms with Crippen LogP contribution in [0.5, 0.6) is 11.5 Å². The van der Waals surface area contributed by atoms with Crippen LogP contribution in [0.2, 0.25) is 0 Å². The molecule has 1 heterocycles. The molecular formula is C16H11BrF3NO2. The fourth-order valence-electron chi connectivity index (χ4n) is 2.18. The molecule has 2 aromatic rings. The standard InChI is InChI=1S/C16H11BrF3NO2/c17-15-9-14(23-21-15)10-3-1-5-12(7-10)22-13-6-2-4-11(8-13)16(18,19)20/h1-8,14H,9H2/t14-/m1/s1. The molecule has 7 heteroatoms. The van der Waals surface area contributed by atoms with Gasteiger partial charge in [-0.2, -0.15) is 13.2 Å². The Morgan fingerprint density at radius 2 is 1.78 bits per heavy atom. The van der Waals surface area contributed by atoms with Crippen LogP contribution in [0.25, 0.3) is 0 Å². The Morgan fingerprint density at radius 1 is 1.09 bits per heavy atom. The number of halogens is 4. The second kappa shape index (κ2) is 6.23. The lowest BCUT2D eigenvalue weighted by molar-refractivity contribution is -0.137. The van der Waals surface area contributed by atoms with Gasteiger partial charge in [0.2, 0.25) is 0 Å². The minimum Gasteiger partial charge on any atom is -0.457 e. The molecule has 1 aliphatic heterocycles. The topological polar surface area (TPSA) is 30.8 Å². The minimum absolute atomic E-state index is 0.127. The SMILES string of the molecule is FC(F)(F)c1cccc(Oc2cccc([C@H]3CC(Br)=NO3)c2)c1. The molecule has 0 radical (unpaired) electrons. The minimum atomic E-state index is -4.40. The van der Waals surface area contributed by atoms with Crippen LogP contribution in [-0.2, 0) is 11.0 Å². The van der Waals surface area contributed by atoms with Crippen molar-refractivity contribution in [3.05, 3.63) is 59.7 Å². The summed E-state index contributed by atoms with van der Waals surface area (Å²) in [5.74, 6) is 0.565. The van der Waals surface area contributed by atoms with Crippen molar-refractivity contribution in [2.75, 3.05) is 0 Å². The zero-order valence-corrected chi connectivity index (χ0v) is 13.3. The zero-order valence-electron chi connectivity index (χ0n) is 11.7. The Labute approximate surface area is 138 Å². The van der Waals surface area contributed by atoms with Crippen LogP contribution in [0.1, 0.15) is 23.7 Å².